The van der Waals surface area contributed by atoms with Gasteiger partial charge >= 0.3 is 5.97 Å². The lowest BCUT2D eigenvalue weighted by Crippen LogP contribution is -2.48. The van der Waals surface area contributed by atoms with E-state index >= 15 is 0 Å². The van der Waals surface area contributed by atoms with Crippen molar-refractivity contribution in [3.63, 3.8) is 0 Å². The molecule has 1 aromatic heterocycles. The van der Waals surface area contributed by atoms with Crippen LogP contribution in [0.2, 0.25) is 0 Å². The molecule has 2 N–H and O–H groups in total. The van der Waals surface area contributed by atoms with Crippen LogP contribution >= 0.6 is 12.2 Å². The Kier molecular flexibility index (Phi) is 4.28. The van der Waals surface area contributed by atoms with E-state index in [-0.39, 0.29) is 6.10 Å². The number of rotatable bonds is 3. The minimum atomic E-state index is -0.415. The first-order chi connectivity index (χ1) is 9.13. The fourth-order valence-electron chi connectivity index (χ4n) is 1.93. The molecule has 0 spiro atoms. The predicted octanol–water partition coefficient (Wildman–Crippen LogP) is 0.360. The molecule has 0 aromatic carbocycles. The third kappa shape index (κ3) is 2.99. The molecule has 0 saturated carbocycles. The van der Waals surface area contributed by atoms with Crippen molar-refractivity contribution in [2.24, 2.45) is 5.73 Å². The van der Waals surface area contributed by atoms with Gasteiger partial charge in [-0.15, -0.1) is 0 Å². The lowest BCUT2D eigenvalue weighted by molar-refractivity contribution is 0.0598. The molecule has 2 rings (SSSR count). The lowest BCUT2D eigenvalue weighted by atomic mass is 10.2. The number of nitrogens with zero attached hydrogens (tertiary/aromatic N) is 2. The van der Waals surface area contributed by atoms with Crippen molar-refractivity contribution >= 4 is 29.0 Å². The fraction of sp³-hybridized carbons (Fsp3) is 0.417. The largest absolute Gasteiger partial charge is 0.465 e. The zero-order chi connectivity index (χ0) is 13.8. The number of nitrogens with two attached hydrogens (primary N) is 1. The monoisotopic (exact) mass is 281 g/mol. The van der Waals surface area contributed by atoms with Gasteiger partial charge in [0.1, 0.15) is 22.5 Å². The zero-order valence-electron chi connectivity index (χ0n) is 10.5. The Hall–Kier alpha value is -1.73. The van der Waals surface area contributed by atoms with Gasteiger partial charge in [-0.2, -0.15) is 0 Å². The number of hydrogen-bond acceptors (Lipinski definition) is 6. The summed E-state index contributed by atoms with van der Waals surface area (Å²) >= 11 is 4.94. The van der Waals surface area contributed by atoms with Gasteiger partial charge in [0.2, 0.25) is 0 Å². The molecule has 102 valence electrons. The van der Waals surface area contributed by atoms with E-state index in [1.807, 2.05) is 4.90 Å². The Morgan fingerprint density at radius 1 is 1.68 bits per heavy atom. The number of anilines is 1. The molecule has 0 aliphatic carbocycles. The number of esters is 1. The topological polar surface area (TPSA) is 77.7 Å². The first-order valence-electron chi connectivity index (χ1n) is 5.82. The van der Waals surface area contributed by atoms with Crippen molar-refractivity contribution in [1.82, 2.24) is 4.98 Å². The summed E-state index contributed by atoms with van der Waals surface area (Å²) in [6.07, 6.45) is 1.31. The van der Waals surface area contributed by atoms with Gasteiger partial charge < -0.3 is 20.1 Å². The molecule has 2 heterocycles. The highest BCUT2D eigenvalue weighted by molar-refractivity contribution is 7.80. The zero-order valence-corrected chi connectivity index (χ0v) is 11.4. The minimum Gasteiger partial charge on any atom is -0.465 e. The second kappa shape index (κ2) is 5.94. The number of ether oxygens (including phenoxy) is 2. The molecular weight excluding hydrogens is 266 g/mol. The lowest BCUT2D eigenvalue weighted by Gasteiger charge is -2.33. The SMILES string of the molecule is COC(=O)c1cccnc1N1CCOC(C(N)=S)C1. The molecule has 1 aliphatic heterocycles. The summed E-state index contributed by atoms with van der Waals surface area (Å²) < 4.78 is 10.2. The summed E-state index contributed by atoms with van der Waals surface area (Å²) in [7, 11) is 1.34. The maximum absolute atomic E-state index is 11.7. The van der Waals surface area contributed by atoms with Crippen LogP contribution in [0.4, 0.5) is 5.82 Å². The van der Waals surface area contributed by atoms with Crippen LogP contribution in [0.15, 0.2) is 18.3 Å². The molecule has 1 atom stereocenters. The Labute approximate surface area is 116 Å². The van der Waals surface area contributed by atoms with Crippen LogP contribution in [0.3, 0.4) is 0 Å². The van der Waals surface area contributed by atoms with Crippen LogP contribution in [-0.2, 0) is 9.47 Å². The van der Waals surface area contributed by atoms with E-state index in [1.165, 1.54) is 7.11 Å². The summed E-state index contributed by atoms with van der Waals surface area (Å²) in [5, 5.41) is 0. The third-order valence-corrected chi connectivity index (χ3v) is 3.14. The van der Waals surface area contributed by atoms with Gasteiger partial charge in [0.15, 0.2) is 0 Å². The first-order valence-corrected chi connectivity index (χ1v) is 6.23. The van der Waals surface area contributed by atoms with Crippen LogP contribution in [0.25, 0.3) is 0 Å². The smallest absolute Gasteiger partial charge is 0.341 e. The van der Waals surface area contributed by atoms with Crippen molar-refractivity contribution in [2.75, 3.05) is 31.7 Å². The Morgan fingerprint density at radius 2 is 2.47 bits per heavy atom. The van der Waals surface area contributed by atoms with Gasteiger partial charge in [0.05, 0.1) is 20.3 Å². The third-order valence-electron chi connectivity index (χ3n) is 2.88. The van der Waals surface area contributed by atoms with Crippen molar-refractivity contribution in [2.45, 2.75) is 6.10 Å². The number of morpholine rings is 1. The van der Waals surface area contributed by atoms with Crippen LogP contribution in [0, 0.1) is 0 Å². The molecule has 0 radical (unpaired) electrons. The first kappa shape index (κ1) is 13.7. The van der Waals surface area contributed by atoms with E-state index in [4.69, 9.17) is 27.4 Å². The molecule has 7 heteroatoms. The quantitative estimate of drug-likeness (QED) is 0.633. The number of aromatic nitrogens is 1. The molecule has 6 nitrogen and oxygen atoms in total. The Bertz CT molecular complexity index is 495. The maximum Gasteiger partial charge on any atom is 0.341 e. The van der Waals surface area contributed by atoms with Crippen LogP contribution < -0.4 is 10.6 Å². The average molecular weight is 281 g/mol. The van der Waals surface area contributed by atoms with Gasteiger partial charge in [0, 0.05) is 12.7 Å². The Balaban J connectivity index is 2.26. The minimum absolute atomic E-state index is 0.306. The predicted molar refractivity (Wildman–Crippen MR) is 74.3 cm³/mol. The molecule has 1 unspecified atom stereocenters. The standard InChI is InChI=1S/C12H15N3O3S/c1-17-12(16)8-3-2-4-14-11(8)15-5-6-18-9(7-15)10(13)19/h2-4,9H,5-7H2,1H3,(H2,13,19). The fourth-order valence-corrected chi connectivity index (χ4v) is 2.07. The normalized spacial score (nSPS) is 19.0. The highest BCUT2D eigenvalue weighted by atomic mass is 32.1. The van der Waals surface area contributed by atoms with E-state index in [0.29, 0.717) is 36.1 Å². The highest BCUT2D eigenvalue weighted by Gasteiger charge is 2.26. The number of methoxy groups -OCH3 is 1. The molecule has 0 bridgehead atoms. The molecule has 19 heavy (non-hydrogen) atoms. The van der Waals surface area contributed by atoms with E-state index < -0.39 is 5.97 Å². The van der Waals surface area contributed by atoms with Crippen molar-refractivity contribution in [3.8, 4) is 0 Å². The number of thiocarbonyl (C=S) groups is 1. The van der Waals surface area contributed by atoms with Gasteiger partial charge in [0.25, 0.3) is 0 Å². The molecule has 1 fully saturated rings. The molecule has 1 aromatic rings. The van der Waals surface area contributed by atoms with Gasteiger partial charge in [-0.05, 0) is 12.1 Å². The summed E-state index contributed by atoms with van der Waals surface area (Å²) in [6, 6.07) is 3.38. The van der Waals surface area contributed by atoms with Crippen LogP contribution in [-0.4, -0.2) is 48.9 Å². The van der Waals surface area contributed by atoms with Gasteiger partial charge in [-0.3, -0.25) is 0 Å². The number of hydrogen-bond donors (Lipinski definition) is 1. The number of carbonyl (C=O) groups is 1. The molecule has 0 amide bonds. The highest BCUT2D eigenvalue weighted by Crippen LogP contribution is 2.20. The van der Waals surface area contributed by atoms with Crippen LogP contribution in [0.1, 0.15) is 10.4 Å². The van der Waals surface area contributed by atoms with Crippen molar-refractivity contribution in [3.05, 3.63) is 23.9 Å². The summed E-state index contributed by atoms with van der Waals surface area (Å²) in [5.74, 6) is 0.153. The van der Waals surface area contributed by atoms with Gasteiger partial charge in [-0.1, -0.05) is 12.2 Å². The number of carbonyl (C=O) groups excluding carboxylic acids is 1. The number of pyridine rings is 1. The molecular formula is C12H15N3O3S. The van der Waals surface area contributed by atoms with E-state index in [1.54, 1.807) is 18.3 Å². The molecule has 1 aliphatic rings. The maximum atomic E-state index is 11.7. The van der Waals surface area contributed by atoms with Crippen LogP contribution in [0.5, 0.6) is 0 Å². The second-order valence-corrected chi connectivity index (χ2v) is 4.55. The summed E-state index contributed by atoms with van der Waals surface area (Å²) in [5.41, 5.74) is 6.02. The summed E-state index contributed by atoms with van der Waals surface area (Å²) in [6.45, 7) is 1.59. The average Bonchev–Trinajstić information content (AvgIpc) is 2.46. The Morgan fingerprint density at radius 3 is 3.16 bits per heavy atom. The van der Waals surface area contributed by atoms with E-state index in [0.717, 1.165) is 0 Å². The van der Waals surface area contributed by atoms with Crippen molar-refractivity contribution in [1.29, 1.82) is 0 Å². The van der Waals surface area contributed by atoms with Gasteiger partial charge in [-0.25, -0.2) is 9.78 Å². The summed E-state index contributed by atoms with van der Waals surface area (Å²) in [4.78, 5) is 18.2. The van der Waals surface area contributed by atoms with Crippen molar-refractivity contribution < 1.29 is 14.3 Å². The second-order valence-electron chi connectivity index (χ2n) is 4.07. The van der Waals surface area contributed by atoms with E-state index in [2.05, 4.69) is 4.98 Å². The molecule has 1 saturated heterocycles. The van der Waals surface area contributed by atoms with E-state index in [9.17, 15) is 4.79 Å².